The van der Waals surface area contributed by atoms with E-state index in [1.54, 1.807) is 6.08 Å². The number of fused-ring (bicyclic) bond motifs is 5. The molecule has 4 aliphatic carbocycles. The highest BCUT2D eigenvalue weighted by molar-refractivity contribution is 6.42. The highest BCUT2D eigenvalue weighted by atomic mass is 16.2. The molecule has 0 radical (unpaired) electrons. The molecule has 4 rings (SSSR count). The van der Waals surface area contributed by atoms with E-state index in [2.05, 4.69) is 20.8 Å². The number of Topliss-reactive ketones (excluding diaryl/α,β-unsaturated/α-hetero) is 1. The van der Waals surface area contributed by atoms with Crippen LogP contribution in [0.3, 0.4) is 0 Å². The molecule has 0 aromatic heterocycles. The van der Waals surface area contributed by atoms with Crippen LogP contribution in [0.5, 0.6) is 0 Å². The molecule has 2 heteroatoms. The summed E-state index contributed by atoms with van der Waals surface area (Å²) in [7, 11) is 0. The Morgan fingerprint density at radius 2 is 1.87 bits per heavy atom. The van der Waals surface area contributed by atoms with Gasteiger partial charge in [0, 0.05) is 6.42 Å². The second-order valence-electron chi connectivity index (χ2n) is 9.19. The zero-order valence-corrected chi connectivity index (χ0v) is 14.9. The first kappa shape index (κ1) is 15.6. The Balaban J connectivity index is 1.69. The molecule has 6 atom stereocenters. The van der Waals surface area contributed by atoms with Gasteiger partial charge in [-0.05, 0) is 79.1 Å². The van der Waals surface area contributed by atoms with Gasteiger partial charge in [0.2, 0.25) is 11.6 Å². The standard InChI is InChI=1S/C21H30O2/c1-4-13-6-8-16-15-7-5-14-11-18(22)19(23)12-21(14,3)17(15)9-10-20(13,16)2/h11,13,15-17H,4-10,12H2,1-3H3/t13-,15-,16-,17-,20+,21-/m0/s1. The van der Waals surface area contributed by atoms with E-state index in [-0.39, 0.29) is 17.0 Å². The van der Waals surface area contributed by atoms with Crippen molar-refractivity contribution in [1.29, 1.82) is 0 Å². The van der Waals surface area contributed by atoms with Crippen molar-refractivity contribution in [3.05, 3.63) is 11.6 Å². The summed E-state index contributed by atoms with van der Waals surface area (Å²) < 4.78 is 0. The van der Waals surface area contributed by atoms with E-state index in [1.807, 2.05) is 0 Å². The Kier molecular flexibility index (Phi) is 3.42. The second-order valence-corrected chi connectivity index (χ2v) is 9.19. The molecule has 0 aliphatic heterocycles. The van der Waals surface area contributed by atoms with Crippen molar-refractivity contribution in [2.45, 2.75) is 72.1 Å². The predicted molar refractivity (Wildman–Crippen MR) is 90.9 cm³/mol. The molecule has 3 fully saturated rings. The number of hydrogen-bond donors (Lipinski definition) is 0. The lowest BCUT2D eigenvalue weighted by Gasteiger charge is -2.57. The van der Waals surface area contributed by atoms with E-state index >= 15 is 0 Å². The number of rotatable bonds is 1. The maximum atomic E-state index is 12.1. The summed E-state index contributed by atoms with van der Waals surface area (Å²) in [6.45, 7) is 7.20. The largest absolute Gasteiger partial charge is 0.290 e. The van der Waals surface area contributed by atoms with Gasteiger partial charge in [0.05, 0.1) is 0 Å². The fourth-order valence-corrected chi connectivity index (χ4v) is 7.25. The molecular formula is C21H30O2. The summed E-state index contributed by atoms with van der Waals surface area (Å²) in [6, 6.07) is 0. The topological polar surface area (TPSA) is 34.1 Å². The lowest BCUT2D eigenvalue weighted by molar-refractivity contribution is -0.138. The number of allylic oxidation sites excluding steroid dienone is 1. The Morgan fingerprint density at radius 1 is 1.09 bits per heavy atom. The normalized spacial score (nSPS) is 49.3. The van der Waals surface area contributed by atoms with Gasteiger partial charge in [-0.15, -0.1) is 0 Å². The molecule has 0 aromatic carbocycles. The van der Waals surface area contributed by atoms with Gasteiger partial charge in [-0.2, -0.15) is 0 Å². The lowest BCUT2D eigenvalue weighted by Crippen LogP contribution is -2.51. The summed E-state index contributed by atoms with van der Waals surface area (Å²) in [5.74, 6) is 2.73. The van der Waals surface area contributed by atoms with Crippen LogP contribution < -0.4 is 0 Å². The number of hydrogen-bond acceptors (Lipinski definition) is 2. The molecular weight excluding hydrogens is 284 g/mol. The molecule has 3 saturated carbocycles. The third kappa shape index (κ3) is 1.99. The van der Waals surface area contributed by atoms with Gasteiger partial charge in [0.1, 0.15) is 0 Å². The van der Waals surface area contributed by atoms with Gasteiger partial charge >= 0.3 is 0 Å². The average Bonchev–Trinajstić information content (AvgIpc) is 2.85. The van der Waals surface area contributed by atoms with E-state index in [0.717, 1.165) is 24.2 Å². The van der Waals surface area contributed by atoms with Crippen LogP contribution in [-0.2, 0) is 9.59 Å². The maximum absolute atomic E-state index is 12.1. The first-order chi connectivity index (χ1) is 10.9. The van der Waals surface area contributed by atoms with Crippen molar-refractivity contribution >= 4 is 11.6 Å². The molecule has 0 heterocycles. The Labute approximate surface area is 140 Å². The second kappa shape index (κ2) is 5.04. The van der Waals surface area contributed by atoms with Crippen molar-refractivity contribution in [2.24, 2.45) is 34.5 Å². The zero-order chi connectivity index (χ0) is 16.4. The van der Waals surface area contributed by atoms with Crippen LogP contribution in [-0.4, -0.2) is 11.6 Å². The fourth-order valence-electron chi connectivity index (χ4n) is 7.25. The minimum Gasteiger partial charge on any atom is -0.290 e. The third-order valence-corrected chi connectivity index (χ3v) is 8.53. The monoisotopic (exact) mass is 314 g/mol. The molecule has 0 aromatic rings. The zero-order valence-electron chi connectivity index (χ0n) is 14.9. The molecule has 0 N–H and O–H groups in total. The van der Waals surface area contributed by atoms with Gasteiger partial charge in [-0.25, -0.2) is 0 Å². The summed E-state index contributed by atoms with van der Waals surface area (Å²) >= 11 is 0. The SMILES string of the molecule is CC[C@H]1CC[C@H]2[C@@H]3CCC4=CC(=O)C(=O)C[C@]4(C)[C@H]3CC[C@]12C. The van der Waals surface area contributed by atoms with E-state index in [4.69, 9.17) is 0 Å². The van der Waals surface area contributed by atoms with Gasteiger partial charge in [-0.1, -0.05) is 32.8 Å². The number of ketones is 2. The van der Waals surface area contributed by atoms with Gasteiger partial charge in [0.15, 0.2) is 0 Å². The highest BCUT2D eigenvalue weighted by Gasteiger charge is 2.59. The van der Waals surface area contributed by atoms with Crippen molar-refractivity contribution < 1.29 is 9.59 Å². The van der Waals surface area contributed by atoms with Crippen LogP contribution in [0.4, 0.5) is 0 Å². The van der Waals surface area contributed by atoms with E-state index in [1.165, 1.54) is 44.1 Å². The highest BCUT2D eigenvalue weighted by Crippen LogP contribution is 2.66. The minimum atomic E-state index is -0.247. The average molecular weight is 314 g/mol. The summed E-state index contributed by atoms with van der Waals surface area (Å²) in [5, 5.41) is 0. The third-order valence-electron chi connectivity index (χ3n) is 8.53. The smallest absolute Gasteiger partial charge is 0.221 e. The van der Waals surface area contributed by atoms with Gasteiger partial charge in [-0.3, -0.25) is 9.59 Å². The summed E-state index contributed by atoms with van der Waals surface area (Å²) in [6.07, 6.45) is 11.1. The molecule has 0 bridgehead atoms. The van der Waals surface area contributed by atoms with Crippen LogP contribution in [0.15, 0.2) is 11.6 Å². The Morgan fingerprint density at radius 3 is 2.61 bits per heavy atom. The number of carbonyl (C=O) groups excluding carboxylic acids is 2. The number of carbonyl (C=O) groups is 2. The van der Waals surface area contributed by atoms with Crippen molar-refractivity contribution in [1.82, 2.24) is 0 Å². The van der Waals surface area contributed by atoms with Crippen molar-refractivity contribution in [3.63, 3.8) is 0 Å². The molecule has 0 spiro atoms. The Hall–Kier alpha value is -0.920. The maximum Gasteiger partial charge on any atom is 0.221 e. The van der Waals surface area contributed by atoms with Crippen LogP contribution in [0.25, 0.3) is 0 Å². The van der Waals surface area contributed by atoms with Crippen LogP contribution in [0, 0.1) is 34.5 Å². The van der Waals surface area contributed by atoms with Crippen molar-refractivity contribution in [3.8, 4) is 0 Å². The Bertz CT molecular complexity index is 589. The van der Waals surface area contributed by atoms with Crippen molar-refractivity contribution in [2.75, 3.05) is 0 Å². The van der Waals surface area contributed by atoms with E-state index < -0.39 is 0 Å². The molecule has 0 amide bonds. The van der Waals surface area contributed by atoms with Crippen LogP contribution >= 0.6 is 0 Å². The first-order valence-corrected chi connectivity index (χ1v) is 9.68. The molecule has 2 nitrogen and oxygen atoms in total. The first-order valence-electron chi connectivity index (χ1n) is 9.68. The summed E-state index contributed by atoms with van der Waals surface area (Å²) in [5.41, 5.74) is 1.79. The summed E-state index contributed by atoms with van der Waals surface area (Å²) in [4.78, 5) is 24.0. The molecule has 0 saturated heterocycles. The van der Waals surface area contributed by atoms with Crippen LogP contribution in [0.2, 0.25) is 0 Å². The molecule has 126 valence electrons. The van der Waals surface area contributed by atoms with E-state index in [0.29, 0.717) is 17.8 Å². The lowest BCUT2D eigenvalue weighted by atomic mass is 9.46. The fraction of sp³-hybridized carbons (Fsp3) is 0.810. The van der Waals surface area contributed by atoms with Gasteiger partial charge < -0.3 is 0 Å². The quantitative estimate of drug-likeness (QED) is 0.656. The molecule has 0 unspecified atom stereocenters. The predicted octanol–water partition coefficient (Wildman–Crippen LogP) is 4.72. The van der Waals surface area contributed by atoms with Gasteiger partial charge in [0.25, 0.3) is 0 Å². The minimum absolute atomic E-state index is 0.0282. The molecule has 4 aliphatic rings. The molecule has 23 heavy (non-hydrogen) atoms. The van der Waals surface area contributed by atoms with Crippen LogP contribution in [0.1, 0.15) is 72.1 Å². The van der Waals surface area contributed by atoms with E-state index in [9.17, 15) is 9.59 Å².